The number of halogens is 1. The Kier molecular flexibility index (Phi) is 3.20. The third kappa shape index (κ3) is 2.12. The molecule has 1 saturated heterocycles. The zero-order chi connectivity index (χ0) is 15.3. The minimum Gasteiger partial charge on any atom is -0.475 e. The molecule has 1 N–H and O–H groups in total. The highest BCUT2D eigenvalue weighted by Crippen LogP contribution is 2.39. The quantitative estimate of drug-likeness (QED) is 0.876. The van der Waals surface area contributed by atoms with Gasteiger partial charge in [0, 0.05) is 28.9 Å². The molecule has 5 nitrogen and oxygen atoms in total. The number of rotatable bonds is 1. The van der Waals surface area contributed by atoms with E-state index < -0.39 is 6.10 Å². The number of aliphatic hydroxyl groups is 1. The van der Waals surface area contributed by atoms with E-state index in [1.165, 1.54) is 0 Å². The highest BCUT2D eigenvalue weighted by molar-refractivity contribution is 6.31. The molecule has 114 valence electrons. The molecular weight excluding hydrogens is 304 g/mol. The van der Waals surface area contributed by atoms with Crippen LogP contribution in [0, 0.1) is 0 Å². The number of fused-ring (bicyclic) bond motifs is 2. The van der Waals surface area contributed by atoms with Crippen molar-refractivity contribution >= 4 is 28.4 Å². The lowest BCUT2D eigenvalue weighted by Crippen LogP contribution is -2.43. The Morgan fingerprint density at radius 1 is 1.36 bits per heavy atom. The van der Waals surface area contributed by atoms with E-state index in [2.05, 4.69) is 4.98 Å². The first-order chi connectivity index (χ1) is 10.6. The number of amides is 1. The second kappa shape index (κ2) is 5.11. The van der Waals surface area contributed by atoms with Crippen molar-refractivity contribution in [3.05, 3.63) is 34.9 Å². The number of aliphatic hydroxyl groups excluding tert-OH is 1. The van der Waals surface area contributed by atoms with Crippen LogP contribution in [0.4, 0.5) is 0 Å². The standard InChI is InChI=1S/C16H15ClN2O3/c17-10-4-3-9-6-11-15(19-5-1-2-14(19)21)13(20)8-22-16(11)18-12(9)7-10/h3-4,6-7,13,15,20H,1-2,5,8H2/t13-,15-/m1/s1. The third-order valence-electron chi connectivity index (χ3n) is 4.29. The zero-order valence-electron chi connectivity index (χ0n) is 11.8. The largest absolute Gasteiger partial charge is 0.475 e. The number of benzene rings is 1. The normalized spacial score (nSPS) is 24.5. The van der Waals surface area contributed by atoms with Gasteiger partial charge in [-0.05, 0) is 24.6 Å². The molecule has 3 heterocycles. The Balaban J connectivity index is 1.86. The van der Waals surface area contributed by atoms with Crippen molar-refractivity contribution in [1.82, 2.24) is 9.88 Å². The minimum atomic E-state index is -0.735. The average Bonchev–Trinajstić information content (AvgIpc) is 2.91. The van der Waals surface area contributed by atoms with Crippen LogP contribution in [0.3, 0.4) is 0 Å². The molecule has 1 aromatic heterocycles. The van der Waals surface area contributed by atoms with Gasteiger partial charge in [-0.1, -0.05) is 17.7 Å². The van der Waals surface area contributed by atoms with Crippen LogP contribution in [-0.2, 0) is 4.79 Å². The fraction of sp³-hybridized carbons (Fsp3) is 0.375. The van der Waals surface area contributed by atoms with Crippen LogP contribution in [0.2, 0.25) is 5.02 Å². The Morgan fingerprint density at radius 3 is 3.00 bits per heavy atom. The molecule has 0 radical (unpaired) electrons. The van der Waals surface area contributed by atoms with E-state index in [4.69, 9.17) is 16.3 Å². The first-order valence-electron chi connectivity index (χ1n) is 7.34. The van der Waals surface area contributed by atoms with Gasteiger partial charge in [0.05, 0.1) is 11.6 Å². The molecule has 2 aliphatic rings. The number of ether oxygens (including phenoxy) is 1. The third-order valence-corrected chi connectivity index (χ3v) is 4.53. The van der Waals surface area contributed by atoms with Crippen LogP contribution in [0.1, 0.15) is 24.4 Å². The molecule has 6 heteroatoms. The van der Waals surface area contributed by atoms with E-state index in [0.29, 0.717) is 23.9 Å². The molecular formula is C16H15ClN2O3. The average molecular weight is 319 g/mol. The van der Waals surface area contributed by atoms with Gasteiger partial charge in [-0.3, -0.25) is 4.79 Å². The summed E-state index contributed by atoms with van der Waals surface area (Å²) in [4.78, 5) is 18.3. The molecule has 2 aromatic rings. The van der Waals surface area contributed by atoms with Crippen molar-refractivity contribution in [2.24, 2.45) is 0 Å². The second-order valence-electron chi connectivity index (χ2n) is 5.73. The van der Waals surface area contributed by atoms with Gasteiger partial charge in [-0.15, -0.1) is 0 Å². The summed E-state index contributed by atoms with van der Waals surface area (Å²) in [6.07, 6.45) is 0.631. The maximum absolute atomic E-state index is 12.1. The highest BCUT2D eigenvalue weighted by atomic mass is 35.5. The summed E-state index contributed by atoms with van der Waals surface area (Å²) in [6.45, 7) is 0.805. The van der Waals surface area contributed by atoms with Gasteiger partial charge in [-0.25, -0.2) is 4.98 Å². The maximum Gasteiger partial charge on any atom is 0.223 e. The number of nitrogens with zero attached hydrogens (tertiary/aromatic N) is 2. The van der Waals surface area contributed by atoms with E-state index >= 15 is 0 Å². The van der Waals surface area contributed by atoms with Crippen molar-refractivity contribution in [3.8, 4) is 5.88 Å². The SMILES string of the molecule is O=C1CCCN1[C@@H]1c2cc3ccc(Cl)cc3nc2OC[C@H]1O. The van der Waals surface area contributed by atoms with Crippen molar-refractivity contribution in [2.75, 3.05) is 13.2 Å². The first-order valence-corrected chi connectivity index (χ1v) is 7.72. The van der Waals surface area contributed by atoms with Crippen LogP contribution < -0.4 is 4.74 Å². The monoisotopic (exact) mass is 318 g/mol. The van der Waals surface area contributed by atoms with Crippen molar-refractivity contribution in [3.63, 3.8) is 0 Å². The number of aromatic nitrogens is 1. The Hall–Kier alpha value is -1.85. The first kappa shape index (κ1) is 13.8. The van der Waals surface area contributed by atoms with E-state index in [1.807, 2.05) is 12.1 Å². The number of hydrogen-bond donors (Lipinski definition) is 1. The van der Waals surface area contributed by atoms with Gasteiger partial charge in [-0.2, -0.15) is 0 Å². The van der Waals surface area contributed by atoms with Crippen LogP contribution in [0.15, 0.2) is 24.3 Å². The summed E-state index contributed by atoms with van der Waals surface area (Å²) < 4.78 is 5.57. The summed E-state index contributed by atoms with van der Waals surface area (Å²) >= 11 is 6.00. The van der Waals surface area contributed by atoms with Crippen LogP contribution >= 0.6 is 11.6 Å². The number of carbonyl (C=O) groups is 1. The van der Waals surface area contributed by atoms with Gasteiger partial charge in [0.15, 0.2) is 0 Å². The molecule has 1 aromatic carbocycles. The molecule has 1 fully saturated rings. The molecule has 1 amide bonds. The Morgan fingerprint density at radius 2 is 2.23 bits per heavy atom. The molecule has 0 aliphatic carbocycles. The van der Waals surface area contributed by atoms with E-state index in [0.717, 1.165) is 22.9 Å². The maximum atomic E-state index is 12.1. The number of likely N-dealkylation sites (tertiary alicyclic amines) is 1. The summed E-state index contributed by atoms with van der Waals surface area (Å²) in [5.41, 5.74) is 1.51. The molecule has 2 aliphatic heterocycles. The van der Waals surface area contributed by atoms with Crippen molar-refractivity contribution < 1.29 is 14.6 Å². The van der Waals surface area contributed by atoms with Gasteiger partial charge < -0.3 is 14.7 Å². The predicted octanol–water partition coefficient (Wildman–Crippen LogP) is 2.31. The molecule has 4 rings (SSSR count). The summed E-state index contributed by atoms with van der Waals surface area (Å²) in [7, 11) is 0. The second-order valence-corrected chi connectivity index (χ2v) is 6.17. The van der Waals surface area contributed by atoms with Gasteiger partial charge in [0.25, 0.3) is 0 Å². The fourth-order valence-corrected chi connectivity index (χ4v) is 3.43. The van der Waals surface area contributed by atoms with E-state index in [-0.39, 0.29) is 18.6 Å². The van der Waals surface area contributed by atoms with Gasteiger partial charge in [0.1, 0.15) is 12.7 Å². The molecule has 0 spiro atoms. The molecule has 0 saturated carbocycles. The Bertz CT molecular complexity index is 764. The summed E-state index contributed by atoms with van der Waals surface area (Å²) in [5.74, 6) is 0.554. The van der Waals surface area contributed by atoms with Gasteiger partial charge >= 0.3 is 0 Å². The highest BCUT2D eigenvalue weighted by Gasteiger charge is 2.39. The topological polar surface area (TPSA) is 62.7 Å². The smallest absolute Gasteiger partial charge is 0.223 e. The van der Waals surface area contributed by atoms with Crippen molar-refractivity contribution in [1.29, 1.82) is 0 Å². The lowest BCUT2D eigenvalue weighted by atomic mass is 9.97. The number of pyridine rings is 1. The van der Waals surface area contributed by atoms with Gasteiger partial charge in [0.2, 0.25) is 11.8 Å². The van der Waals surface area contributed by atoms with Crippen molar-refractivity contribution in [2.45, 2.75) is 25.0 Å². The molecule has 0 bridgehead atoms. The Labute approximate surface area is 132 Å². The van der Waals surface area contributed by atoms with Crippen LogP contribution in [0.25, 0.3) is 10.9 Å². The lowest BCUT2D eigenvalue weighted by Gasteiger charge is -2.36. The van der Waals surface area contributed by atoms with Crippen LogP contribution in [-0.4, -0.2) is 40.2 Å². The molecule has 0 unspecified atom stereocenters. The van der Waals surface area contributed by atoms with E-state index in [1.54, 1.807) is 17.0 Å². The summed E-state index contributed by atoms with van der Waals surface area (Å²) in [6, 6.07) is 7.02. The van der Waals surface area contributed by atoms with Crippen LogP contribution in [0.5, 0.6) is 5.88 Å². The summed E-state index contributed by atoms with van der Waals surface area (Å²) in [5, 5.41) is 11.9. The minimum absolute atomic E-state index is 0.0769. The predicted molar refractivity (Wildman–Crippen MR) is 81.9 cm³/mol. The number of carbonyl (C=O) groups excluding carboxylic acids is 1. The van der Waals surface area contributed by atoms with E-state index in [9.17, 15) is 9.90 Å². The molecule has 22 heavy (non-hydrogen) atoms. The fourth-order valence-electron chi connectivity index (χ4n) is 3.27. The lowest BCUT2D eigenvalue weighted by molar-refractivity contribution is -0.133. The molecule has 2 atom stereocenters. The number of hydrogen-bond acceptors (Lipinski definition) is 4. The zero-order valence-corrected chi connectivity index (χ0v) is 12.6.